The fraction of sp³-hybridized carbons (Fsp3) is 0.643. The Morgan fingerprint density at radius 1 is 1.53 bits per heavy atom. The van der Waals surface area contributed by atoms with Crippen molar-refractivity contribution in [3.63, 3.8) is 0 Å². The highest BCUT2D eigenvalue weighted by Crippen LogP contribution is 2.26. The third-order valence-electron chi connectivity index (χ3n) is 3.61. The number of halogens is 1. The number of aliphatic hydroxyl groups is 1. The van der Waals surface area contributed by atoms with Crippen LogP contribution in [0.1, 0.15) is 18.9 Å². The van der Waals surface area contributed by atoms with Gasteiger partial charge in [-0.1, -0.05) is 13.0 Å². The van der Waals surface area contributed by atoms with E-state index < -0.39 is 0 Å². The van der Waals surface area contributed by atoms with Crippen LogP contribution in [0.5, 0.6) is 0 Å². The Balaban J connectivity index is 0.00000180. The van der Waals surface area contributed by atoms with Crippen LogP contribution >= 0.6 is 12.4 Å². The SMILES string of the molecule is CC1(CN(CCO)Cc2cccnc2)CCNC1.Cl. The van der Waals surface area contributed by atoms with Crippen LogP contribution < -0.4 is 5.32 Å². The summed E-state index contributed by atoms with van der Waals surface area (Å²) in [7, 11) is 0. The van der Waals surface area contributed by atoms with Crippen LogP contribution in [0.15, 0.2) is 24.5 Å². The lowest BCUT2D eigenvalue weighted by Crippen LogP contribution is -2.38. The second-order valence-corrected chi connectivity index (χ2v) is 5.53. The van der Waals surface area contributed by atoms with E-state index in [9.17, 15) is 5.11 Å². The first-order valence-corrected chi connectivity index (χ1v) is 6.65. The van der Waals surface area contributed by atoms with Crippen LogP contribution in [0.2, 0.25) is 0 Å². The van der Waals surface area contributed by atoms with Gasteiger partial charge in [0, 0.05) is 38.6 Å². The lowest BCUT2D eigenvalue weighted by Gasteiger charge is -2.31. The topological polar surface area (TPSA) is 48.4 Å². The predicted molar refractivity (Wildman–Crippen MR) is 79.4 cm³/mol. The predicted octanol–water partition coefficient (Wildman–Crippen LogP) is 1.30. The first-order chi connectivity index (χ1) is 8.72. The fourth-order valence-corrected chi connectivity index (χ4v) is 2.65. The lowest BCUT2D eigenvalue weighted by atomic mass is 9.89. The molecular formula is C14H24ClN3O. The van der Waals surface area contributed by atoms with Crippen LogP contribution in [-0.4, -0.2) is 47.8 Å². The van der Waals surface area contributed by atoms with Gasteiger partial charge in [-0.3, -0.25) is 9.88 Å². The summed E-state index contributed by atoms with van der Waals surface area (Å²) in [5.74, 6) is 0. The van der Waals surface area contributed by atoms with Gasteiger partial charge in [0.05, 0.1) is 6.61 Å². The normalized spacial score (nSPS) is 22.5. The first-order valence-electron chi connectivity index (χ1n) is 6.65. The smallest absolute Gasteiger partial charge is 0.0558 e. The zero-order chi connectivity index (χ0) is 12.8. The molecule has 5 heteroatoms. The zero-order valence-corrected chi connectivity index (χ0v) is 12.3. The first kappa shape index (κ1) is 16.4. The van der Waals surface area contributed by atoms with Crippen molar-refractivity contribution in [2.75, 3.05) is 32.8 Å². The molecule has 0 aromatic carbocycles. The van der Waals surface area contributed by atoms with Crippen LogP contribution in [0.3, 0.4) is 0 Å². The average Bonchev–Trinajstić information content (AvgIpc) is 2.77. The van der Waals surface area contributed by atoms with Gasteiger partial charge in [0.25, 0.3) is 0 Å². The highest BCUT2D eigenvalue weighted by Gasteiger charge is 2.30. The largest absolute Gasteiger partial charge is 0.395 e. The summed E-state index contributed by atoms with van der Waals surface area (Å²) in [6, 6.07) is 4.05. The Labute approximate surface area is 121 Å². The third kappa shape index (κ3) is 5.07. The van der Waals surface area contributed by atoms with E-state index in [1.54, 1.807) is 6.20 Å². The quantitative estimate of drug-likeness (QED) is 0.827. The van der Waals surface area contributed by atoms with Crippen LogP contribution in [0, 0.1) is 5.41 Å². The third-order valence-corrected chi connectivity index (χ3v) is 3.61. The zero-order valence-electron chi connectivity index (χ0n) is 11.5. The van der Waals surface area contributed by atoms with Crippen LogP contribution in [0.25, 0.3) is 0 Å². The molecule has 1 aromatic rings. The van der Waals surface area contributed by atoms with Gasteiger partial charge in [0.15, 0.2) is 0 Å². The van der Waals surface area contributed by atoms with E-state index in [-0.39, 0.29) is 19.0 Å². The van der Waals surface area contributed by atoms with E-state index in [4.69, 9.17) is 0 Å². The molecule has 1 unspecified atom stereocenters. The van der Waals surface area contributed by atoms with Crippen LogP contribution in [0.4, 0.5) is 0 Å². The van der Waals surface area contributed by atoms with Gasteiger partial charge in [-0.15, -0.1) is 12.4 Å². The van der Waals surface area contributed by atoms with Crippen molar-refractivity contribution in [1.29, 1.82) is 0 Å². The van der Waals surface area contributed by atoms with Gasteiger partial charge in [0.1, 0.15) is 0 Å². The molecule has 1 aliphatic heterocycles. The van der Waals surface area contributed by atoms with Crippen molar-refractivity contribution in [3.05, 3.63) is 30.1 Å². The van der Waals surface area contributed by atoms with Gasteiger partial charge in [-0.25, -0.2) is 0 Å². The lowest BCUT2D eigenvalue weighted by molar-refractivity contribution is 0.137. The number of hydrogen-bond acceptors (Lipinski definition) is 4. The molecule has 0 saturated carbocycles. The highest BCUT2D eigenvalue weighted by atomic mass is 35.5. The Kier molecular flexibility index (Phi) is 6.72. The van der Waals surface area contributed by atoms with Gasteiger partial charge in [-0.2, -0.15) is 0 Å². The Morgan fingerprint density at radius 3 is 2.95 bits per heavy atom. The molecule has 2 rings (SSSR count). The second kappa shape index (κ2) is 7.80. The summed E-state index contributed by atoms with van der Waals surface area (Å²) in [5.41, 5.74) is 1.54. The Morgan fingerprint density at radius 2 is 2.37 bits per heavy atom. The van der Waals surface area contributed by atoms with E-state index in [2.05, 4.69) is 28.2 Å². The minimum Gasteiger partial charge on any atom is -0.395 e. The maximum atomic E-state index is 9.20. The summed E-state index contributed by atoms with van der Waals surface area (Å²) in [6.07, 6.45) is 4.91. The minimum absolute atomic E-state index is 0. The van der Waals surface area contributed by atoms with Gasteiger partial charge >= 0.3 is 0 Å². The molecule has 1 saturated heterocycles. The van der Waals surface area contributed by atoms with Gasteiger partial charge in [0.2, 0.25) is 0 Å². The standard InChI is InChI=1S/C14H23N3O.ClH/c1-14(4-6-16-11-14)12-17(7-8-18)10-13-3-2-5-15-9-13;/h2-3,5,9,16,18H,4,6-8,10-12H2,1H3;1H. The summed E-state index contributed by atoms with van der Waals surface area (Å²) >= 11 is 0. The van der Waals surface area contributed by atoms with E-state index in [1.165, 1.54) is 12.0 Å². The van der Waals surface area contributed by atoms with Gasteiger partial charge in [-0.05, 0) is 30.0 Å². The molecule has 1 aromatic heterocycles. The molecule has 0 spiro atoms. The molecule has 108 valence electrons. The van der Waals surface area contributed by atoms with Crippen molar-refractivity contribution < 1.29 is 5.11 Å². The van der Waals surface area contributed by atoms with Crippen molar-refractivity contribution in [1.82, 2.24) is 15.2 Å². The van der Waals surface area contributed by atoms with E-state index in [1.807, 2.05) is 12.3 Å². The molecule has 0 bridgehead atoms. The van der Waals surface area contributed by atoms with Gasteiger partial charge < -0.3 is 10.4 Å². The molecule has 1 aliphatic rings. The van der Waals surface area contributed by atoms with E-state index in [0.717, 1.165) is 32.7 Å². The van der Waals surface area contributed by atoms with Crippen molar-refractivity contribution >= 4 is 12.4 Å². The molecule has 0 amide bonds. The molecule has 1 atom stereocenters. The number of nitrogens with zero attached hydrogens (tertiary/aromatic N) is 2. The minimum atomic E-state index is 0. The molecule has 4 nitrogen and oxygen atoms in total. The molecule has 19 heavy (non-hydrogen) atoms. The van der Waals surface area contributed by atoms with E-state index >= 15 is 0 Å². The molecule has 1 fully saturated rings. The van der Waals surface area contributed by atoms with Crippen molar-refractivity contribution in [3.8, 4) is 0 Å². The summed E-state index contributed by atoms with van der Waals surface area (Å²) < 4.78 is 0. The molecule has 2 N–H and O–H groups in total. The molecule has 2 heterocycles. The van der Waals surface area contributed by atoms with E-state index in [0.29, 0.717) is 5.41 Å². The second-order valence-electron chi connectivity index (χ2n) is 5.53. The Bertz CT molecular complexity index is 355. The summed E-state index contributed by atoms with van der Waals surface area (Å²) in [5, 5.41) is 12.6. The highest BCUT2D eigenvalue weighted by molar-refractivity contribution is 5.85. The number of rotatable bonds is 6. The van der Waals surface area contributed by atoms with Crippen LogP contribution in [-0.2, 0) is 6.54 Å². The maximum absolute atomic E-state index is 9.20. The summed E-state index contributed by atoms with van der Waals surface area (Å²) in [4.78, 5) is 6.47. The number of pyridine rings is 1. The van der Waals surface area contributed by atoms with Crippen molar-refractivity contribution in [2.45, 2.75) is 19.9 Å². The molecular weight excluding hydrogens is 262 g/mol. The summed E-state index contributed by atoms with van der Waals surface area (Å²) in [6.45, 7) is 7.33. The average molecular weight is 286 g/mol. The number of nitrogens with one attached hydrogen (secondary N) is 1. The monoisotopic (exact) mass is 285 g/mol. The number of aliphatic hydroxyl groups excluding tert-OH is 1. The Hall–Kier alpha value is -0.680. The number of hydrogen-bond donors (Lipinski definition) is 2. The molecule has 0 radical (unpaired) electrons. The number of aromatic nitrogens is 1. The van der Waals surface area contributed by atoms with Crippen molar-refractivity contribution in [2.24, 2.45) is 5.41 Å². The molecule has 0 aliphatic carbocycles. The fourth-order valence-electron chi connectivity index (χ4n) is 2.65. The maximum Gasteiger partial charge on any atom is 0.0558 e.